The summed E-state index contributed by atoms with van der Waals surface area (Å²) in [5.74, 6) is 0.731. The summed E-state index contributed by atoms with van der Waals surface area (Å²) >= 11 is 8.22. The summed E-state index contributed by atoms with van der Waals surface area (Å²) in [6.07, 6.45) is 0. The van der Waals surface area contributed by atoms with Gasteiger partial charge in [-0.25, -0.2) is 0 Å². The van der Waals surface area contributed by atoms with Gasteiger partial charge in [0.05, 0.1) is 26.6 Å². The fourth-order valence-electron chi connectivity index (χ4n) is 2.18. The van der Waals surface area contributed by atoms with Crippen molar-refractivity contribution in [2.45, 2.75) is 16.7 Å². The Morgan fingerprint density at radius 2 is 2.09 bits per heavy atom. The minimum Gasteiger partial charge on any atom is -0.494 e. The van der Waals surface area contributed by atoms with Crippen LogP contribution in [0.25, 0.3) is 0 Å². The predicted octanol–water partition coefficient (Wildman–Crippen LogP) is 5.73. The highest BCUT2D eigenvalue weighted by atomic mass is 79.9. The molecule has 0 aliphatic carbocycles. The molecule has 0 spiro atoms. The lowest BCUT2D eigenvalue weighted by molar-refractivity contribution is -0.384. The second-order valence-electron chi connectivity index (χ2n) is 4.47. The quantitative estimate of drug-likeness (QED) is 0.412. The van der Waals surface area contributed by atoms with E-state index >= 15 is 0 Å². The van der Waals surface area contributed by atoms with E-state index in [4.69, 9.17) is 4.74 Å². The van der Waals surface area contributed by atoms with Gasteiger partial charge in [0.1, 0.15) is 11.4 Å². The van der Waals surface area contributed by atoms with Crippen molar-refractivity contribution in [3.8, 4) is 5.75 Å². The fourth-order valence-corrected chi connectivity index (χ4v) is 4.71. The van der Waals surface area contributed by atoms with Gasteiger partial charge in [-0.1, -0.05) is 11.8 Å². The molecular formula is C14H10Br2N2O3S. The first-order valence-electron chi connectivity index (χ1n) is 6.39. The molecule has 1 heterocycles. The summed E-state index contributed by atoms with van der Waals surface area (Å²) in [6, 6.07) is 7.39. The molecule has 0 aromatic heterocycles. The Kier molecular flexibility index (Phi) is 4.33. The van der Waals surface area contributed by atoms with Crippen molar-refractivity contribution in [3.05, 3.63) is 43.3 Å². The largest absolute Gasteiger partial charge is 0.494 e. The Morgan fingerprint density at radius 1 is 1.32 bits per heavy atom. The first-order chi connectivity index (χ1) is 10.5. The summed E-state index contributed by atoms with van der Waals surface area (Å²) < 4.78 is 6.72. The summed E-state index contributed by atoms with van der Waals surface area (Å²) in [4.78, 5) is 12.8. The SMILES string of the molecule is CCOc1ccc2c(c1)Nc1c(c(Br)cc(Br)c1[N+](=O)[O-])S2. The fraction of sp³-hybridized carbons (Fsp3) is 0.143. The van der Waals surface area contributed by atoms with Crippen LogP contribution in [0, 0.1) is 10.1 Å². The van der Waals surface area contributed by atoms with Crippen LogP contribution in [0.4, 0.5) is 17.1 Å². The van der Waals surface area contributed by atoms with Crippen LogP contribution in [-0.4, -0.2) is 11.5 Å². The normalized spacial score (nSPS) is 12.1. The molecule has 0 amide bonds. The van der Waals surface area contributed by atoms with Crippen molar-refractivity contribution < 1.29 is 9.66 Å². The average Bonchev–Trinajstić information content (AvgIpc) is 2.45. The van der Waals surface area contributed by atoms with E-state index in [9.17, 15) is 10.1 Å². The molecular weight excluding hydrogens is 436 g/mol. The number of hydrogen-bond acceptors (Lipinski definition) is 5. The van der Waals surface area contributed by atoms with Crippen LogP contribution in [0.1, 0.15) is 6.92 Å². The number of halogens is 2. The van der Waals surface area contributed by atoms with Crippen molar-refractivity contribution in [2.24, 2.45) is 0 Å². The Balaban J connectivity index is 2.13. The molecule has 1 aliphatic heterocycles. The van der Waals surface area contributed by atoms with E-state index in [1.165, 1.54) is 11.8 Å². The minimum absolute atomic E-state index is 0.0261. The van der Waals surface area contributed by atoms with Crippen LogP contribution in [0.5, 0.6) is 5.75 Å². The van der Waals surface area contributed by atoms with Crippen molar-refractivity contribution in [3.63, 3.8) is 0 Å². The summed E-state index contributed by atoms with van der Waals surface area (Å²) in [5, 5.41) is 14.5. The van der Waals surface area contributed by atoms with E-state index in [-0.39, 0.29) is 10.6 Å². The minimum atomic E-state index is -0.389. The maximum atomic E-state index is 11.4. The Labute approximate surface area is 147 Å². The van der Waals surface area contributed by atoms with Gasteiger partial charge in [0.25, 0.3) is 0 Å². The van der Waals surface area contributed by atoms with E-state index in [1.807, 2.05) is 25.1 Å². The monoisotopic (exact) mass is 444 g/mol. The Bertz CT molecular complexity index is 783. The van der Waals surface area contributed by atoms with Gasteiger partial charge in [0.15, 0.2) is 0 Å². The maximum Gasteiger partial charge on any atom is 0.307 e. The highest BCUT2D eigenvalue weighted by Gasteiger charge is 2.29. The summed E-state index contributed by atoms with van der Waals surface area (Å²) in [7, 11) is 0. The smallest absolute Gasteiger partial charge is 0.307 e. The lowest BCUT2D eigenvalue weighted by Crippen LogP contribution is -2.05. The highest BCUT2D eigenvalue weighted by molar-refractivity contribution is 9.11. The van der Waals surface area contributed by atoms with Gasteiger partial charge in [0.2, 0.25) is 0 Å². The van der Waals surface area contributed by atoms with Crippen LogP contribution in [0.15, 0.2) is 43.0 Å². The molecule has 0 atom stereocenters. The first kappa shape index (κ1) is 15.6. The van der Waals surface area contributed by atoms with Crippen LogP contribution >= 0.6 is 43.6 Å². The second kappa shape index (κ2) is 6.10. The number of rotatable bonds is 3. The molecule has 0 saturated carbocycles. The molecule has 3 rings (SSSR count). The molecule has 0 unspecified atom stereocenters. The number of hydrogen-bond donors (Lipinski definition) is 1. The molecule has 2 aromatic rings. The van der Waals surface area contributed by atoms with Crippen LogP contribution in [-0.2, 0) is 0 Å². The molecule has 0 bridgehead atoms. The molecule has 114 valence electrons. The molecule has 1 N–H and O–H groups in total. The third-order valence-electron chi connectivity index (χ3n) is 3.08. The van der Waals surface area contributed by atoms with Gasteiger partial charge in [-0.2, -0.15) is 0 Å². The number of benzene rings is 2. The zero-order valence-corrected chi connectivity index (χ0v) is 15.3. The second-order valence-corrected chi connectivity index (χ2v) is 7.23. The van der Waals surface area contributed by atoms with E-state index in [0.717, 1.165) is 25.7 Å². The van der Waals surface area contributed by atoms with Crippen LogP contribution in [0.2, 0.25) is 0 Å². The van der Waals surface area contributed by atoms with Gasteiger partial charge in [-0.15, -0.1) is 0 Å². The van der Waals surface area contributed by atoms with E-state index in [1.54, 1.807) is 6.07 Å². The van der Waals surface area contributed by atoms with Crippen molar-refractivity contribution in [2.75, 3.05) is 11.9 Å². The van der Waals surface area contributed by atoms with Gasteiger partial charge in [-0.3, -0.25) is 10.1 Å². The molecule has 1 aliphatic rings. The molecule has 0 radical (unpaired) electrons. The highest BCUT2D eigenvalue weighted by Crippen LogP contribution is 2.53. The molecule has 22 heavy (non-hydrogen) atoms. The molecule has 8 heteroatoms. The van der Waals surface area contributed by atoms with Crippen molar-refractivity contribution in [1.29, 1.82) is 0 Å². The van der Waals surface area contributed by atoms with Crippen LogP contribution in [0.3, 0.4) is 0 Å². The van der Waals surface area contributed by atoms with E-state index < -0.39 is 0 Å². The number of fused-ring (bicyclic) bond motifs is 2. The molecule has 0 saturated heterocycles. The lowest BCUT2D eigenvalue weighted by atomic mass is 10.2. The first-order valence-corrected chi connectivity index (χ1v) is 8.79. The van der Waals surface area contributed by atoms with Gasteiger partial charge in [-0.05, 0) is 57.0 Å². The van der Waals surface area contributed by atoms with Gasteiger partial charge in [0, 0.05) is 15.4 Å². The number of nitrogens with one attached hydrogen (secondary N) is 1. The van der Waals surface area contributed by atoms with Crippen LogP contribution < -0.4 is 10.1 Å². The van der Waals surface area contributed by atoms with Gasteiger partial charge >= 0.3 is 5.69 Å². The number of ether oxygens (including phenoxy) is 1. The third-order valence-corrected chi connectivity index (χ3v) is 5.77. The van der Waals surface area contributed by atoms with Gasteiger partial charge < -0.3 is 10.1 Å². The van der Waals surface area contributed by atoms with Crippen molar-refractivity contribution in [1.82, 2.24) is 0 Å². The number of nitro groups is 1. The molecule has 0 fully saturated rings. The van der Waals surface area contributed by atoms with E-state index in [0.29, 0.717) is 16.8 Å². The van der Waals surface area contributed by atoms with E-state index in [2.05, 4.69) is 37.2 Å². The number of nitrogens with zero attached hydrogens (tertiary/aromatic N) is 1. The summed E-state index contributed by atoms with van der Waals surface area (Å²) in [5.41, 5.74) is 1.31. The summed E-state index contributed by atoms with van der Waals surface area (Å²) in [6.45, 7) is 2.48. The predicted molar refractivity (Wildman–Crippen MR) is 93.5 cm³/mol. The zero-order valence-electron chi connectivity index (χ0n) is 11.4. The Hall–Kier alpha value is -1.25. The number of nitro benzene ring substituents is 1. The lowest BCUT2D eigenvalue weighted by Gasteiger charge is -2.22. The molecule has 2 aromatic carbocycles. The maximum absolute atomic E-state index is 11.4. The standard InChI is InChI=1S/C14H10Br2N2O3S/c1-2-21-7-3-4-11-10(5-7)17-12-13(18(19)20)8(15)6-9(16)14(12)22-11/h3-6,17H,2H2,1H3. The number of anilines is 2. The Morgan fingerprint density at radius 3 is 2.77 bits per heavy atom. The zero-order chi connectivity index (χ0) is 15.9. The van der Waals surface area contributed by atoms with Crippen molar-refractivity contribution >= 4 is 60.7 Å². The third kappa shape index (κ3) is 2.70. The topological polar surface area (TPSA) is 64.4 Å². The molecule has 5 nitrogen and oxygen atoms in total. The average molecular weight is 446 g/mol.